The maximum atomic E-state index is 11.5. The summed E-state index contributed by atoms with van der Waals surface area (Å²) in [5, 5.41) is 0. The summed E-state index contributed by atoms with van der Waals surface area (Å²) in [6, 6.07) is 0. The minimum Gasteiger partial charge on any atom is -0.460 e. The number of unbranched alkanes of at least 4 members (excludes halogenated alkanes) is 11. The average molecular weight is 312 g/mol. The van der Waals surface area contributed by atoms with Crippen LogP contribution in [0.25, 0.3) is 0 Å². The van der Waals surface area contributed by atoms with Gasteiger partial charge in [-0.25, -0.2) is 0 Å². The van der Waals surface area contributed by atoms with Crippen LogP contribution in [0.5, 0.6) is 0 Å². The molecule has 0 aliphatic rings. The van der Waals surface area contributed by atoms with E-state index in [1.165, 1.54) is 51.4 Å². The zero-order chi connectivity index (χ0) is 16.7. The summed E-state index contributed by atoms with van der Waals surface area (Å²) >= 11 is 0. The molecule has 0 fully saturated rings. The molecule has 0 rings (SSSR count). The molecule has 0 saturated heterocycles. The quantitative estimate of drug-likeness (QED) is 0.238. The minimum atomic E-state index is -0.357. The second-order valence-electron chi connectivity index (χ2n) is 7.18. The summed E-state index contributed by atoms with van der Waals surface area (Å²) in [6.07, 6.45) is 15.6. The van der Waals surface area contributed by atoms with E-state index in [2.05, 4.69) is 0 Å². The van der Waals surface area contributed by atoms with E-state index in [-0.39, 0.29) is 11.6 Å². The van der Waals surface area contributed by atoms with E-state index in [1.807, 2.05) is 20.8 Å². The van der Waals surface area contributed by atoms with Crippen LogP contribution in [-0.2, 0) is 14.3 Å². The predicted octanol–water partition coefficient (Wildman–Crippen LogP) is 5.60. The summed E-state index contributed by atoms with van der Waals surface area (Å²) in [5.74, 6) is -0.0675. The van der Waals surface area contributed by atoms with Gasteiger partial charge in [-0.3, -0.25) is 4.79 Å². The Morgan fingerprint density at radius 1 is 0.773 bits per heavy atom. The maximum Gasteiger partial charge on any atom is 0.306 e. The Balaban J connectivity index is 3.17. The Labute approximate surface area is 137 Å². The Kier molecular flexibility index (Phi) is 13.2. The topological polar surface area (TPSA) is 43.4 Å². The Hall–Kier alpha value is -0.860. The van der Waals surface area contributed by atoms with Crippen molar-refractivity contribution in [2.24, 2.45) is 0 Å². The largest absolute Gasteiger partial charge is 0.460 e. The molecule has 0 atom stereocenters. The van der Waals surface area contributed by atoms with Crippen molar-refractivity contribution in [1.29, 1.82) is 0 Å². The SMILES string of the molecule is CC(C)(C)OC(=O)CCCCCCCCCCCCCC=O. The van der Waals surface area contributed by atoms with Crippen molar-refractivity contribution in [2.45, 2.75) is 110 Å². The van der Waals surface area contributed by atoms with Gasteiger partial charge in [-0.1, -0.05) is 57.8 Å². The van der Waals surface area contributed by atoms with E-state index in [9.17, 15) is 9.59 Å². The zero-order valence-corrected chi connectivity index (χ0v) is 15.0. The molecule has 3 nitrogen and oxygen atoms in total. The van der Waals surface area contributed by atoms with Gasteiger partial charge in [0.1, 0.15) is 11.9 Å². The molecular weight excluding hydrogens is 276 g/mol. The number of carbonyl (C=O) groups excluding carboxylic acids is 2. The van der Waals surface area contributed by atoms with Crippen molar-refractivity contribution < 1.29 is 14.3 Å². The smallest absolute Gasteiger partial charge is 0.306 e. The molecule has 0 aliphatic carbocycles. The van der Waals surface area contributed by atoms with Crippen molar-refractivity contribution in [3.63, 3.8) is 0 Å². The van der Waals surface area contributed by atoms with Gasteiger partial charge in [-0.05, 0) is 33.6 Å². The predicted molar refractivity (Wildman–Crippen MR) is 91.9 cm³/mol. The fourth-order valence-electron chi connectivity index (χ4n) is 2.48. The van der Waals surface area contributed by atoms with Crippen LogP contribution < -0.4 is 0 Å². The summed E-state index contributed by atoms with van der Waals surface area (Å²) in [7, 11) is 0. The number of aldehydes is 1. The molecule has 0 aromatic rings. The molecule has 0 aromatic carbocycles. The number of esters is 1. The lowest BCUT2D eigenvalue weighted by Crippen LogP contribution is -2.23. The van der Waals surface area contributed by atoms with Gasteiger partial charge in [0.05, 0.1) is 0 Å². The molecule has 0 saturated carbocycles. The highest BCUT2D eigenvalue weighted by molar-refractivity contribution is 5.69. The maximum absolute atomic E-state index is 11.5. The van der Waals surface area contributed by atoms with Gasteiger partial charge < -0.3 is 9.53 Å². The number of hydrogen-bond acceptors (Lipinski definition) is 3. The highest BCUT2D eigenvalue weighted by atomic mass is 16.6. The van der Waals surface area contributed by atoms with Crippen LogP contribution in [0.4, 0.5) is 0 Å². The van der Waals surface area contributed by atoms with Crippen molar-refractivity contribution in [3.8, 4) is 0 Å². The monoisotopic (exact) mass is 312 g/mol. The van der Waals surface area contributed by atoms with E-state index >= 15 is 0 Å². The molecule has 0 unspecified atom stereocenters. The molecule has 0 heterocycles. The summed E-state index contributed by atoms with van der Waals surface area (Å²) in [4.78, 5) is 21.7. The lowest BCUT2D eigenvalue weighted by molar-refractivity contribution is -0.154. The fourth-order valence-corrected chi connectivity index (χ4v) is 2.48. The highest BCUT2D eigenvalue weighted by Crippen LogP contribution is 2.14. The molecule has 0 spiro atoms. The molecule has 0 bridgehead atoms. The summed E-state index contributed by atoms with van der Waals surface area (Å²) in [6.45, 7) is 5.73. The van der Waals surface area contributed by atoms with Crippen LogP contribution >= 0.6 is 0 Å². The molecular formula is C19H36O3. The zero-order valence-electron chi connectivity index (χ0n) is 15.0. The van der Waals surface area contributed by atoms with Gasteiger partial charge in [-0.2, -0.15) is 0 Å². The van der Waals surface area contributed by atoms with Crippen LogP contribution in [0.2, 0.25) is 0 Å². The minimum absolute atomic E-state index is 0.0675. The van der Waals surface area contributed by atoms with Crippen LogP contribution in [0.15, 0.2) is 0 Å². The van der Waals surface area contributed by atoms with E-state index in [0.717, 1.165) is 32.0 Å². The first-order valence-corrected chi connectivity index (χ1v) is 9.11. The normalized spacial score (nSPS) is 11.4. The molecule has 0 aromatic heterocycles. The van der Waals surface area contributed by atoms with Gasteiger partial charge in [-0.15, -0.1) is 0 Å². The van der Waals surface area contributed by atoms with Gasteiger partial charge in [0.2, 0.25) is 0 Å². The second-order valence-corrected chi connectivity index (χ2v) is 7.18. The molecule has 22 heavy (non-hydrogen) atoms. The number of ether oxygens (including phenoxy) is 1. The standard InChI is InChI=1S/C19H36O3/c1-19(2,3)22-18(21)16-14-12-10-8-6-4-5-7-9-11-13-15-17-20/h17H,4-16H2,1-3H3. The van der Waals surface area contributed by atoms with Crippen molar-refractivity contribution >= 4 is 12.3 Å². The summed E-state index contributed by atoms with van der Waals surface area (Å²) < 4.78 is 5.29. The fraction of sp³-hybridized carbons (Fsp3) is 0.895. The third-order valence-corrected chi connectivity index (χ3v) is 3.62. The van der Waals surface area contributed by atoms with Gasteiger partial charge in [0, 0.05) is 12.8 Å². The number of hydrogen-bond donors (Lipinski definition) is 0. The Bertz CT molecular complexity index is 279. The van der Waals surface area contributed by atoms with Crippen LogP contribution in [0, 0.1) is 0 Å². The third-order valence-electron chi connectivity index (χ3n) is 3.62. The third kappa shape index (κ3) is 17.2. The second kappa shape index (κ2) is 13.8. The van der Waals surface area contributed by atoms with Gasteiger partial charge in [0.25, 0.3) is 0 Å². The lowest BCUT2D eigenvalue weighted by Gasteiger charge is -2.19. The number of rotatable bonds is 14. The van der Waals surface area contributed by atoms with Crippen molar-refractivity contribution in [3.05, 3.63) is 0 Å². The molecule has 130 valence electrons. The Morgan fingerprint density at radius 2 is 1.18 bits per heavy atom. The molecule has 0 amide bonds. The first kappa shape index (κ1) is 21.1. The van der Waals surface area contributed by atoms with Gasteiger partial charge >= 0.3 is 5.97 Å². The number of carbonyl (C=O) groups is 2. The molecule has 0 radical (unpaired) electrons. The molecule has 0 N–H and O–H groups in total. The van der Waals surface area contributed by atoms with Crippen LogP contribution in [0.3, 0.4) is 0 Å². The molecule has 0 aliphatic heterocycles. The van der Waals surface area contributed by atoms with E-state index < -0.39 is 0 Å². The summed E-state index contributed by atoms with van der Waals surface area (Å²) in [5.41, 5.74) is -0.357. The molecule has 3 heteroatoms. The first-order valence-electron chi connectivity index (χ1n) is 9.11. The highest BCUT2D eigenvalue weighted by Gasteiger charge is 2.15. The van der Waals surface area contributed by atoms with Crippen LogP contribution in [0.1, 0.15) is 104 Å². The van der Waals surface area contributed by atoms with Crippen LogP contribution in [-0.4, -0.2) is 17.9 Å². The van der Waals surface area contributed by atoms with Gasteiger partial charge in [0.15, 0.2) is 0 Å². The first-order chi connectivity index (χ1) is 10.5. The van der Waals surface area contributed by atoms with E-state index in [1.54, 1.807) is 0 Å². The van der Waals surface area contributed by atoms with Crippen molar-refractivity contribution in [1.82, 2.24) is 0 Å². The van der Waals surface area contributed by atoms with E-state index in [4.69, 9.17) is 4.74 Å². The van der Waals surface area contributed by atoms with E-state index in [0.29, 0.717) is 6.42 Å². The average Bonchev–Trinajstić information content (AvgIpc) is 2.42. The Morgan fingerprint density at radius 3 is 1.59 bits per heavy atom. The lowest BCUT2D eigenvalue weighted by atomic mass is 10.0. The van der Waals surface area contributed by atoms with Crippen molar-refractivity contribution in [2.75, 3.05) is 0 Å².